The molecule has 2 fully saturated rings. The van der Waals surface area contributed by atoms with Crippen LogP contribution in [0.3, 0.4) is 0 Å². The van der Waals surface area contributed by atoms with Crippen molar-refractivity contribution in [2.75, 3.05) is 36.1 Å². The van der Waals surface area contributed by atoms with Gasteiger partial charge in [-0.1, -0.05) is 13.8 Å². The van der Waals surface area contributed by atoms with Crippen molar-refractivity contribution in [1.29, 1.82) is 0 Å². The van der Waals surface area contributed by atoms with Crippen LogP contribution in [0.2, 0.25) is 0 Å². The van der Waals surface area contributed by atoms with E-state index in [0.29, 0.717) is 18.9 Å². The van der Waals surface area contributed by atoms with Crippen LogP contribution in [0.1, 0.15) is 51.3 Å². The van der Waals surface area contributed by atoms with Crippen LogP contribution < -0.4 is 10.2 Å². The highest BCUT2D eigenvalue weighted by Crippen LogP contribution is 2.29. The van der Waals surface area contributed by atoms with Crippen LogP contribution in [0, 0.1) is 5.82 Å². The molecule has 0 spiro atoms. The molecule has 2 saturated heterocycles. The number of sulfone groups is 1. The lowest BCUT2D eigenvalue weighted by molar-refractivity contribution is -0.137. The van der Waals surface area contributed by atoms with Gasteiger partial charge >= 0.3 is 0 Å². The van der Waals surface area contributed by atoms with Crippen molar-refractivity contribution in [3.63, 3.8) is 0 Å². The van der Waals surface area contributed by atoms with Crippen LogP contribution in [0.5, 0.6) is 0 Å². The zero-order valence-corrected chi connectivity index (χ0v) is 20.8. The summed E-state index contributed by atoms with van der Waals surface area (Å²) in [5.74, 6) is 0.475. The van der Waals surface area contributed by atoms with Gasteiger partial charge in [-0.25, -0.2) is 17.8 Å². The first-order valence-corrected chi connectivity index (χ1v) is 13.9. The number of aromatic nitrogens is 2. The third kappa shape index (κ3) is 5.29. The fraction of sp³-hybridized carbons (Fsp3) is 0.591. The summed E-state index contributed by atoms with van der Waals surface area (Å²) < 4.78 is 42.2. The summed E-state index contributed by atoms with van der Waals surface area (Å²) in [6, 6.07) is 3.38. The lowest BCUT2D eigenvalue weighted by Crippen LogP contribution is -2.54. The third-order valence-electron chi connectivity index (χ3n) is 6.29. The Morgan fingerprint density at radius 2 is 1.91 bits per heavy atom. The summed E-state index contributed by atoms with van der Waals surface area (Å²) in [5, 5.41) is 3.95. The van der Waals surface area contributed by atoms with Gasteiger partial charge in [0.15, 0.2) is 9.84 Å². The molecule has 0 bridgehead atoms. The summed E-state index contributed by atoms with van der Waals surface area (Å²) in [5.41, 5.74) is 0.148. The Balaban J connectivity index is 1.38. The van der Waals surface area contributed by atoms with Gasteiger partial charge in [0, 0.05) is 49.4 Å². The quantitative estimate of drug-likeness (QED) is 0.657. The number of amides is 1. The molecule has 1 unspecified atom stereocenters. The Bertz CT molecular complexity index is 1110. The number of benzene rings is 1. The van der Waals surface area contributed by atoms with E-state index in [4.69, 9.17) is 0 Å². The van der Waals surface area contributed by atoms with Crippen molar-refractivity contribution < 1.29 is 17.6 Å². The van der Waals surface area contributed by atoms with Gasteiger partial charge in [-0.05, 0) is 43.9 Å². The first-order chi connectivity index (χ1) is 15.6. The average Bonchev–Trinajstić information content (AvgIpc) is 3.27. The standard InChI is InChI=1S/C22H30FN5O3S2/c1-14(2)20-25-22(32-26-20)27-11-8-15(9-12-27)28-10-4-5-19(21(28)29)24-18-7-6-16(13-17(18)23)33(3,30)31/h6-7,13-15,19,24H,4-5,8-12H2,1-3H3. The molecule has 2 aromatic rings. The lowest BCUT2D eigenvalue weighted by Gasteiger charge is -2.42. The van der Waals surface area contributed by atoms with Crippen molar-refractivity contribution in [3.05, 3.63) is 29.8 Å². The van der Waals surface area contributed by atoms with Crippen molar-refractivity contribution >= 4 is 38.1 Å². The van der Waals surface area contributed by atoms with E-state index < -0.39 is 21.7 Å². The molecule has 2 aliphatic heterocycles. The van der Waals surface area contributed by atoms with Crippen LogP contribution >= 0.6 is 11.5 Å². The SMILES string of the molecule is CC(C)c1nsc(N2CCC(N3CCCC(Nc4ccc(S(C)(=O)=O)cc4F)C3=O)CC2)n1. The maximum absolute atomic E-state index is 14.5. The predicted molar refractivity (Wildman–Crippen MR) is 127 cm³/mol. The van der Waals surface area contributed by atoms with Gasteiger partial charge in [0.25, 0.3) is 0 Å². The molecule has 4 rings (SSSR count). The topological polar surface area (TPSA) is 95.5 Å². The van der Waals surface area contributed by atoms with Crippen LogP contribution in [0.4, 0.5) is 15.2 Å². The highest BCUT2D eigenvalue weighted by Gasteiger charge is 2.35. The minimum atomic E-state index is -3.49. The number of piperidine rings is 2. The number of hydrogen-bond donors (Lipinski definition) is 1. The zero-order valence-electron chi connectivity index (χ0n) is 19.1. The van der Waals surface area contributed by atoms with E-state index in [1.54, 1.807) is 0 Å². The summed E-state index contributed by atoms with van der Waals surface area (Å²) in [6.45, 7) is 6.50. The van der Waals surface area contributed by atoms with Crippen LogP contribution in [-0.2, 0) is 14.6 Å². The van der Waals surface area contributed by atoms with E-state index in [0.717, 1.165) is 55.6 Å². The Hall–Kier alpha value is -2.27. The van der Waals surface area contributed by atoms with E-state index in [9.17, 15) is 17.6 Å². The molecule has 2 aliphatic rings. The summed E-state index contributed by atoms with van der Waals surface area (Å²) in [6.07, 6.45) is 4.20. The number of nitrogens with zero attached hydrogens (tertiary/aromatic N) is 4. The van der Waals surface area contributed by atoms with Crippen LogP contribution in [0.25, 0.3) is 0 Å². The molecule has 0 radical (unpaired) electrons. The molecule has 1 aromatic heterocycles. The molecule has 11 heteroatoms. The second kappa shape index (κ2) is 9.54. The minimum Gasteiger partial charge on any atom is -0.371 e. The molecule has 1 N–H and O–H groups in total. The van der Waals surface area contributed by atoms with Crippen molar-refractivity contribution in [1.82, 2.24) is 14.3 Å². The molecule has 33 heavy (non-hydrogen) atoms. The predicted octanol–water partition coefficient (Wildman–Crippen LogP) is 3.28. The first-order valence-electron chi connectivity index (χ1n) is 11.3. The Morgan fingerprint density at radius 1 is 1.18 bits per heavy atom. The number of nitrogens with one attached hydrogen (secondary N) is 1. The van der Waals surface area contributed by atoms with Gasteiger partial charge in [0.2, 0.25) is 11.0 Å². The monoisotopic (exact) mass is 495 g/mol. The zero-order chi connectivity index (χ0) is 23.8. The van der Waals surface area contributed by atoms with Crippen LogP contribution in [0.15, 0.2) is 23.1 Å². The number of anilines is 2. The molecular formula is C22H30FN5O3S2. The maximum Gasteiger partial charge on any atom is 0.245 e. The second-order valence-electron chi connectivity index (χ2n) is 9.09. The highest BCUT2D eigenvalue weighted by molar-refractivity contribution is 7.90. The average molecular weight is 496 g/mol. The molecule has 0 saturated carbocycles. The van der Waals surface area contributed by atoms with Gasteiger partial charge < -0.3 is 15.1 Å². The highest BCUT2D eigenvalue weighted by atomic mass is 32.2. The molecule has 0 aliphatic carbocycles. The van der Waals surface area contributed by atoms with E-state index >= 15 is 0 Å². The lowest BCUT2D eigenvalue weighted by atomic mass is 9.97. The van der Waals surface area contributed by atoms with Gasteiger partial charge in [-0.15, -0.1) is 0 Å². The van der Waals surface area contributed by atoms with E-state index in [-0.39, 0.29) is 22.5 Å². The van der Waals surface area contributed by atoms with E-state index in [2.05, 4.69) is 33.4 Å². The summed E-state index contributed by atoms with van der Waals surface area (Å²) >= 11 is 1.43. The smallest absolute Gasteiger partial charge is 0.245 e. The maximum atomic E-state index is 14.5. The van der Waals surface area contributed by atoms with Gasteiger partial charge in [-0.2, -0.15) is 4.37 Å². The van der Waals surface area contributed by atoms with Crippen molar-refractivity contribution in [2.45, 2.75) is 62.4 Å². The second-order valence-corrected chi connectivity index (χ2v) is 11.8. The minimum absolute atomic E-state index is 0.0238. The number of carbonyl (C=O) groups is 1. The third-order valence-corrected chi connectivity index (χ3v) is 8.20. The molecule has 8 nitrogen and oxygen atoms in total. The summed E-state index contributed by atoms with van der Waals surface area (Å²) in [4.78, 5) is 21.9. The number of likely N-dealkylation sites (tertiary alicyclic amines) is 1. The van der Waals surface area contributed by atoms with E-state index in [1.807, 2.05) is 4.90 Å². The molecule has 180 valence electrons. The Kier molecular flexibility index (Phi) is 6.90. The number of carbonyl (C=O) groups excluding carboxylic acids is 1. The molecule has 1 atom stereocenters. The van der Waals surface area contributed by atoms with Gasteiger partial charge in [-0.3, -0.25) is 4.79 Å². The Morgan fingerprint density at radius 3 is 2.52 bits per heavy atom. The fourth-order valence-electron chi connectivity index (χ4n) is 4.39. The normalized spacial score (nSPS) is 20.5. The number of rotatable bonds is 6. The van der Waals surface area contributed by atoms with Gasteiger partial charge in [0.05, 0.1) is 10.6 Å². The van der Waals surface area contributed by atoms with Crippen molar-refractivity contribution in [2.24, 2.45) is 0 Å². The Labute approximate surface area is 198 Å². The first kappa shape index (κ1) is 23.9. The molecular weight excluding hydrogens is 465 g/mol. The largest absolute Gasteiger partial charge is 0.371 e. The fourth-order valence-corrected chi connectivity index (χ4v) is 5.88. The van der Waals surface area contributed by atoms with E-state index in [1.165, 1.54) is 23.7 Å². The number of hydrogen-bond acceptors (Lipinski definition) is 8. The molecule has 1 amide bonds. The molecule has 3 heterocycles. The number of halogens is 1. The van der Waals surface area contributed by atoms with Gasteiger partial charge in [0.1, 0.15) is 17.7 Å². The van der Waals surface area contributed by atoms with Crippen molar-refractivity contribution in [3.8, 4) is 0 Å². The van der Waals surface area contributed by atoms with Crippen LogP contribution in [-0.4, -0.2) is 66.6 Å². The molecule has 1 aromatic carbocycles. The summed E-state index contributed by atoms with van der Waals surface area (Å²) in [7, 11) is -3.49.